The van der Waals surface area contributed by atoms with Gasteiger partial charge in [-0.3, -0.25) is 4.57 Å². The third-order valence-corrected chi connectivity index (χ3v) is 10.4. The highest BCUT2D eigenvalue weighted by atomic mass is 15.4. The van der Waals surface area contributed by atoms with E-state index < -0.39 is 0 Å². The lowest BCUT2D eigenvalue weighted by atomic mass is 9.77. The van der Waals surface area contributed by atoms with Gasteiger partial charge in [-0.05, 0) is 110 Å². The number of aryl methyl sites for hydroxylation is 2. The number of benzene rings is 5. The van der Waals surface area contributed by atoms with E-state index >= 15 is 0 Å². The molecule has 8 rings (SSSR count). The van der Waals surface area contributed by atoms with E-state index in [4.69, 9.17) is 4.98 Å². The van der Waals surface area contributed by atoms with Crippen molar-refractivity contribution in [1.82, 2.24) is 9.55 Å². The monoisotopic (exact) mass is 626 g/mol. The van der Waals surface area contributed by atoms with Crippen LogP contribution < -0.4 is 9.80 Å². The van der Waals surface area contributed by atoms with Gasteiger partial charge in [-0.1, -0.05) is 86.6 Å². The minimum atomic E-state index is -0.240. The molecule has 4 heteroatoms. The molecule has 7 aromatic rings. The quantitative estimate of drug-likeness (QED) is 0.184. The zero-order chi connectivity index (χ0) is 33.2. The zero-order valence-corrected chi connectivity index (χ0v) is 28.7. The van der Waals surface area contributed by atoms with Crippen LogP contribution in [0.2, 0.25) is 0 Å². The summed E-state index contributed by atoms with van der Waals surface area (Å²) < 4.78 is 2.35. The van der Waals surface area contributed by atoms with Crippen LogP contribution in [0.25, 0.3) is 38.8 Å². The van der Waals surface area contributed by atoms with Crippen LogP contribution in [0.3, 0.4) is 0 Å². The molecule has 1 aliphatic rings. The zero-order valence-electron chi connectivity index (χ0n) is 28.7. The highest BCUT2D eigenvalue weighted by Crippen LogP contribution is 2.43. The molecule has 0 radical (unpaired) electrons. The third kappa shape index (κ3) is 4.78. The molecule has 0 bridgehead atoms. The topological polar surface area (TPSA) is 24.3 Å². The van der Waals surface area contributed by atoms with Crippen molar-refractivity contribution in [2.75, 3.05) is 16.5 Å². The van der Waals surface area contributed by atoms with Gasteiger partial charge in [-0.25, -0.2) is 4.98 Å². The molecule has 0 amide bonds. The second kappa shape index (κ2) is 11.4. The van der Waals surface area contributed by atoms with Gasteiger partial charge in [0.25, 0.3) is 0 Å². The van der Waals surface area contributed by atoms with E-state index in [9.17, 15) is 0 Å². The van der Waals surface area contributed by atoms with Crippen LogP contribution in [-0.4, -0.2) is 22.3 Å². The lowest BCUT2D eigenvalue weighted by molar-refractivity contribution is 0.641. The maximum atomic E-state index is 4.96. The first-order chi connectivity index (χ1) is 23.2. The maximum absolute atomic E-state index is 4.96. The normalized spacial score (nSPS) is 13.2. The summed E-state index contributed by atoms with van der Waals surface area (Å²) in [5.41, 5.74) is 13.5. The van der Waals surface area contributed by atoms with Gasteiger partial charge in [0.15, 0.2) is 0 Å². The minimum absolute atomic E-state index is 0.240. The summed E-state index contributed by atoms with van der Waals surface area (Å²) >= 11 is 0. The fraction of sp³-hybridized carbons (Fsp3) is 0.205. The van der Waals surface area contributed by atoms with E-state index in [0.717, 1.165) is 18.0 Å². The third-order valence-electron chi connectivity index (χ3n) is 10.4. The van der Waals surface area contributed by atoms with Crippen LogP contribution in [-0.2, 0) is 5.41 Å². The number of pyridine rings is 1. The summed E-state index contributed by atoms with van der Waals surface area (Å²) in [6.45, 7) is 14.5. The lowest BCUT2D eigenvalue weighted by Crippen LogP contribution is -2.33. The summed E-state index contributed by atoms with van der Waals surface area (Å²) in [6.07, 6.45) is 1.95. The number of hydrogen-bond acceptors (Lipinski definition) is 3. The highest BCUT2D eigenvalue weighted by molar-refractivity contribution is 6.09. The fourth-order valence-electron chi connectivity index (χ4n) is 7.70. The Morgan fingerprint density at radius 1 is 0.646 bits per heavy atom. The van der Waals surface area contributed by atoms with Gasteiger partial charge in [0, 0.05) is 34.1 Å². The van der Waals surface area contributed by atoms with E-state index in [1.165, 1.54) is 66.7 Å². The van der Waals surface area contributed by atoms with Gasteiger partial charge in [0.2, 0.25) is 0 Å². The average molecular weight is 627 g/mol. The van der Waals surface area contributed by atoms with Crippen molar-refractivity contribution in [2.45, 2.75) is 53.0 Å². The van der Waals surface area contributed by atoms with Crippen LogP contribution in [0, 0.1) is 13.8 Å². The van der Waals surface area contributed by atoms with Crippen molar-refractivity contribution in [3.8, 4) is 16.9 Å². The first-order valence-corrected chi connectivity index (χ1v) is 17.0. The van der Waals surface area contributed by atoms with E-state index in [-0.39, 0.29) is 5.41 Å². The van der Waals surface area contributed by atoms with E-state index in [1.54, 1.807) is 0 Å². The van der Waals surface area contributed by atoms with Crippen LogP contribution in [0.5, 0.6) is 0 Å². The summed E-state index contributed by atoms with van der Waals surface area (Å²) in [5.74, 6) is 0.931. The molecular formula is C44H42N4. The highest BCUT2D eigenvalue weighted by Gasteiger charge is 2.30. The molecule has 3 heterocycles. The summed E-state index contributed by atoms with van der Waals surface area (Å²) in [5, 5.41) is 2.47. The Bertz CT molecular complexity index is 2310. The molecule has 0 aliphatic carbocycles. The second-order valence-electron chi connectivity index (χ2n) is 14.1. The standard InChI is InChI=1S/C44H42N4/c1-29(2)46-28-47(40-20-10-9-19-39(40)46)35-16-12-15-33(26-35)44(5,6)34-21-22-37-36-17-7-8-18-38(36)48(41(37)27-34)42-25-32(23-24-45-42)43-30(3)13-11-14-31(43)4/h7-27,29H,28H2,1-6H3. The summed E-state index contributed by atoms with van der Waals surface area (Å²) in [4.78, 5) is 9.89. The molecule has 238 valence electrons. The van der Waals surface area contributed by atoms with Crippen LogP contribution in [0.1, 0.15) is 49.9 Å². The number of nitrogens with zero attached hydrogens (tertiary/aromatic N) is 4. The Morgan fingerprint density at radius 2 is 1.33 bits per heavy atom. The van der Waals surface area contributed by atoms with Crippen molar-refractivity contribution in [2.24, 2.45) is 0 Å². The summed E-state index contributed by atoms with van der Waals surface area (Å²) in [7, 11) is 0. The van der Waals surface area contributed by atoms with Gasteiger partial charge in [-0.15, -0.1) is 0 Å². The molecule has 0 spiro atoms. The Hall–Kier alpha value is -5.35. The molecule has 0 atom stereocenters. The molecule has 0 unspecified atom stereocenters. The van der Waals surface area contributed by atoms with Crippen LogP contribution in [0.4, 0.5) is 17.1 Å². The molecular weight excluding hydrogens is 585 g/mol. The van der Waals surface area contributed by atoms with Gasteiger partial charge in [-0.2, -0.15) is 0 Å². The number of hydrogen-bond donors (Lipinski definition) is 0. The van der Waals surface area contributed by atoms with Gasteiger partial charge >= 0.3 is 0 Å². The molecule has 4 nitrogen and oxygen atoms in total. The second-order valence-corrected chi connectivity index (χ2v) is 14.1. The number of fused-ring (bicyclic) bond motifs is 4. The maximum Gasteiger partial charge on any atom is 0.138 e. The molecule has 5 aromatic carbocycles. The molecule has 0 fully saturated rings. The van der Waals surface area contributed by atoms with E-state index in [1.807, 2.05) is 6.20 Å². The number of anilines is 3. The molecule has 1 aliphatic heterocycles. The Kier molecular flexibility index (Phi) is 7.14. The Morgan fingerprint density at radius 3 is 2.12 bits per heavy atom. The number of para-hydroxylation sites is 3. The summed E-state index contributed by atoms with van der Waals surface area (Å²) in [6, 6.07) is 44.9. The van der Waals surface area contributed by atoms with E-state index in [2.05, 4.69) is 177 Å². The van der Waals surface area contributed by atoms with Crippen molar-refractivity contribution in [3.63, 3.8) is 0 Å². The average Bonchev–Trinajstić information content (AvgIpc) is 3.65. The minimum Gasteiger partial charge on any atom is -0.349 e. The van der Waals surface area contributed by atoms with Gasteiger partial charge in [0.1, 0.15) is 5.82 Å². The molecule has 0 saturated carbocycles. The largest absolute Gasteiger partial charge is 0.349 e. The van der Waals surface area contributed by atoms with Crippen molar-refractivity contribution in [1.29, 1.82) is 0 Å². The van der Waals surface area contributed by atoms with Crippen LogP contribution >= 0.6 is 0 Å². The smallest absolute Gasteiger partial charge is 0.138 e. The van der Waals surface area contributed by atoms with Crippen molar-refractivity contribution >= 4 is 38.9 Å². The van der Waals surface area contributed by atoms with Crippen molar-refractivity contribution in [3.05, 3.63) is 150 Å². The predicted octanol–water partition coefficient (Wildman–Crippen LogP) is 11.1. The molecule has 2 aromatic heterocycles. The first-order valence-electron chi connectivity index (χ1n) is 17.0. The SMILES string of the molecule is Cc1cccc(C)c1-c1ccnc(-n2c3ccccc3c3ccc(C(C)(C)c4cccc(N5CN(C(C)C)c6ccccc65)c4)cc32)c1. The van der Waals surface area contributed by atoms with Crippen LogP contribution in [0.15, 0.2) is 128 Å². The van der Waals surface area contributed by atoms with Crippen molar-refractivity contribution < 1.29 is 0 Å². The van der Waals surface area contributed by atoms with E-state index in [0.29, 0.717) is 6.04 Å². The number of rotatable bonds is 6. The van der Waals surface area contributed by atoms with Gasteiger partial charge in [0.05, 0.1) is 29.1 Å². The Balaban J connectivity index is 1.24. The molecule has 0 N–H and O–H groups in total. The number of aromatic nitrogens is 2. The Labute approximate surface area is 283 Å². The fourth-order valence-corrected chi connectivity index (χ4v) is 7.70. The molecule has 0 saturated heterocycles. The first kappa shape index (κ1) is 30.0. The predicted molar refractivity (Wildman–Crippen MR) is 203 cm³/mol. The lowest BCUT2D eigenvalue weighted by Gasteiger charge is -2.29. The molecule has 48 heavy (non-hydrogen) atoms. The van der Waals surface area contributed by atoms with Gasteiger partial charge < -0.3 is 9.80 Å².